The molecule has 2 fully saturated rings. The number of nitrogens with zero attached hydrogens (tertiary/aromatic N) is 2. The molecule has 2 atom stereocenters. The van der Waals surface area contributed by atoms with Gasteiger partial charge in [0.2, 0.25) is 0 Å². The Bertz CT molecular complexity index is 648. The summed E-state index contributed by atoms with van der Waals surface area (Å²) in [6, 6.07) is 8.44. The van der Waals surface area contributed by atoms with Gasteiger partial charge in [-0.3, -0.25) is 4.99 Å². The van der Waals surface area contributed by atoms with Gasteiger partial charge in [-0.15, -0.1) is 24.0 Å². The molecule has 1 saturated heterocycles. The molecule has 3 rings (SSSR count). The van der Waals surface area contributed by atoms with Crippen molar-refractivity contribution < 1.29 is 4.79 Å². The van der Waals surface area contributed by atoms with E-state index in [1.807, 2.05) is 25.1 Å². The molecule has 1 aliphatic heterocycles. The van der Waals surface area contributed by atoms with Gasteiger partial charge in [0.25, 0.3) is 0 Å². The molecule has 1 aliphatic carbocycles. The summed E-state index contributed by atoms with van der Waals surface area (Å²) in [7, 11) is 0. The van der Waals surface area contributed by atoms with Crippen LogP contribution >= 0.6 is 35.6 Å². The average Bonchev–Trinajstić information content (AvgIpc) is 3.35. The van der Waals surface area contributed by atoms with Crippen LogP contribution in [0.15, 0.2) is 29.3 Å². The van der Waals surface area contributed by atoms with Gasteiger partial charge < -0.3 is 21.3 Å². The van der Waals surface area contributed by atoms with Crippen molar-refractivity contribution in [2.45, 2.75) is 44.2 Å². The molecular weight excluding hydrogens is 465 g/mol. The van der Waals surface area contributed by atoms with Gasteiger partial charge in [-0.2, -0.15) is 0 Å². The molecule has 0 radical (unpaired) electrons. The number of nitrogens with one attached hydrogen (secondary N) is 2. The largest absolute Gasteiger partial charge is 0.354 e. The van der Waals surface area contributed by atoms with Crippen molar-refractivity contribution in [3.05, 3.63) is 34.9 Å². The zero-order valence-corrected chi connectivity index (χ0v) is 18.0. The van der Waals surface area contributed by atoms with Crippen LogP contribution < -0.4 is 16.4 Å². The van der Waals surface area contributed by atoms with Gasteiger partial charge in [0, 0.05) is 42.7 Å². The second kappa shape index (κ2) is 9.64. The average molecular weight is 492 g/mol. The van der Waals surface area contributed by atoms with Crippen molar-refractivity contribution in [3.8, 4) is 0 Å². The number of carbonyl (C=O) groups is 1. The van der Waals surface area contributed by atoms with Crippen LogP contribution in [0.1, 0.15) is 37.7 Å². The first-order valence-corrected chi connectivity index (χ1v) is 9.32. The minimum atomic E-state index is -0.332. The van der Waals surface area contributed by atoms with E-state index in [4.69, 9.17) is 17.3 Å². The third-order valence-electron chi connectivity index (χ3n) is 4.85. The molecule has 0 bridgehead atoms. The lowest BCUT2D eigenvalue weighted by Gasteiger charge is -2.32. The van der Waals surface area contributed by atoms with Crippen molar-refractivity contribution >= 4 is 47.6 Å². The van der Waals surface area contributed by atoms with E-state index in [2.05, 4.69) is 21.7 Å². The number of rotatable bonds is 4. The Kier molecular flexibility index (Phi) is 7.82. The predicted molar refractivity (Wildman–Crippen MR) is 116 cm³/mol. The van der Waals surface area contributed by atoms with Crippen molar-refractivity contribution in [1.82, 2.24) is 15.5 Å². The lowest BCUT2D eigenvalue weighted by Crippen LogP contribution is -2.51. The smallest absolute Gasteiger partial charge is 0.314 e. The fraction of sp³-hybridized carbons (Fsp3) is 0.556. The topological polar surface area (TPSA) is 82.8 Å². The monoisotopic (exact) mass is 491 g/mol. The Morgan fingerprint density at radius 2 is 2.08 bits per heavy atom. The molecule has 1 aromatic rings. The number of likely N-dealkylation sites (tertiary alicyclic amines) is 1. The summed E-state index contributed by atoms with van der Waals surface area (Å²) < 4.78 is 0. The molecule has 2 amide bonds. The number of guanidine groups is 1. The lowest BCUT2D eigenvalue weighted by atomic mass is 10.1. The molecule has 0 spiro atoms. The summed E-state index contributed by atoms with van der Waals surface area (Å²) >= 11 is 6.09. The Morgan fingerprint density at radius 3 is 2.69 bits per heavy atom. The van der Waals surface area contributed by atoms with Gasteiger partial charge in [0.15, 0.2) is 5.96 Å². The molecule has 2 aliphatic rings. The van der Waals surface area contributed by atoms with E-state index in [1.165, 1.54) is 5.56 Å². The van der Waals surface area contributed by atoms with Gasteiger partial charge in [-0.25, -0.2) is 4.79 Å². The summed E-state index contributed by atoms with van der Waals surface area (Å²) in [6.45, 7) is 4.15. The highest BCUT2D eigenvalue weighted by molar-refractivity contribution is 14.0. The fourth-order valence-corrected chi connectivity index (χ4v) is 3.56. The predicted octanol–water partition coefficient (Wildman–Crippen LogP) is 2.91. The summed E-state index contributed by atoms with van der Waals surface area (Å²) in [5.41, 5.74) is 6.61. The van der Waals surface area contributed by atoms with Crippen molar-refractivity contribution in [2.24, 2.45) is 10.7 Å². The highest BCUT2D eigenvalue weighted by Gasteiger charge is 2.39. The van der Waals surface area contributed by atoms with E-state index in [9.17, 15) is 4.79 Å². The second-order valence-corrected chi connectivity index (χ2v) is 7.15. The molecule has 26 heavy (non-hydrogen) atoms. The number of amides is 2. The van der Waals surface area contributed by atoms with Crippen LogP contribution in [0.5, 0.6) is 0 Å². The molecule has 0 aromatic heterocycles. The number of nitrogens with two attached hydrogens (primary N) is 1. The SMILES string of the molecule is CCN=C(NC1CCN(C(N)=O)CC1)NC1CC1c1cccc(Cl)c1.I. The Hall–Kier alpha value is -1.22. The van der Waals surface area contributed by atoms with Crippen molar-refractivity contribution in [3.63, 3.8) is 0 Å². The van der Waals surface area contributed by atoms with Crippen LogP contribution in [0, 0.1) is 0 Å². The van der Waals surface area contributed by atoms with Gasteiger partial charge in [0.1, 0.15) is 0 Å². The number of primary amides is 1. The lowest BCUT2D eigenvalue weighted by molar-refractivity contribution is 0.188. The summed E-state index contributed by atoms with van der Waals surface area (Å²) in [6.07, 6.45) is 2.86. The van der Waals surface area contributed by atoms with Gasteiger partial charge in [0.05, 0.1) is 0 Å². The standard InChI is InChI=1S/C18H26ClN5O.HI/c1-2-21-18(22-14-6-8-24(9-7-14)17(20)25)23-16-11-15(16)12-4-3-5-13(19)10-12;/h3-5,10,14-16H,2,6-9,11H2,1H3,(H2,20,25)(H2,21,22,23);1H. The second-order valence-electron chi connectivity index (χ2n) is 6.71. The zero-order chi connectivity index (χ0) is 17.8. The molecule has 1 heterocycles. The van der Waals surface area contributed by atoms with E-state index in [-0.39, 0.29) is 30.0 Å². The molecule has 2 unspecified atom stereocenters. The molecule has 1 saturated carbocycles. The molecule has 6 nitrogen and oxygen atoms in total. The van der Waals surface area contributed by atoms with Crippen LogP contribution in [0.4, 0.5) is 4.79 Å². The minimum absolute atomic E-state index is 0. The molecular formula is C18H27ClIN5O. The van der Waals surface area contributed by atoms with E-state index in [0.29, 0.717) is 31.1 Å². The normalized spacial score (nSPS) is 23.2. The van der Waals surface area contributed by atoms with E-state index >= 15 is 0 Å². The van der Waals surface area contributed by atoms with Crippen LogP contribution in [-0.2, 0) is 0 Å². The van der Waals surface area contributed by atoms with Crippen LogP contribution in [0.2, 0.25) is 5.02 Å². The number of urea groups is 1. The van der Waals surface area contributed by atoms with Gasteiger partial charge in [-0.05, 0) is 43.9 Å². The Balaban J connectivity index is 0.00000243. The Labute approximate surface area is 177 Å². The third-order valence-corrected chi connectivity index (χ3v) is 5.09. The molecule has 1 aromatic carbocycles. The van der Waals surface area contributed by atoms with E-state index in [1.54, 1.807) is 4.90 Å². The highest BCUT2D eigenvalue weighted by atomic mass is 127. The zero-order valence-electron chi connectivity index (χ0n) is 15.0. The van der Waals surface area contributed by atoms with Gasteiger partial charge >= 0.3 is 6.03 Å². The summed E-state index contributed by atoms with van der Waals surface area (Å²) in [5, 5.41) is 7.82. The first kappa shape index (κ1) is 21.1. The molecule has 8 heteroatoms. The number of benzene rings is 1. The maximum Gasteiger partial charge on any atom is 0.314 e. The van der Waals surface area contributed by atoms with Crippen molar-refractivity contribution in [1.29, 1.82) is 0 Å². The first-order valence-electron chi connectivity index (χ1n) is 8.94. The summed E-state index contributed by atoms with van der Waals surface area (Å²) in [5.74, 6) is 1.34. The third kappa shape index (κ3) is 5.64. The first-order chi connectivity index (χ1) is 12.1. The quantitative estimate of drug-likeness (QED) is 0.344. The van der Waals surface area contributed by atoms with Crippen LogP contribution in [0.3, 0.4) is 0 Å². The molecule has 4 N–H and O–H groups in total. The maximum absolute atomic E-state index is 11.2. The summed E-state index contributed by atoms with van der Waals surface area (Å²) in [4.78, 5) is 17.5. The number of hydrogen-bond donors (Lipinski definition) is 3. The van der Waals surface area contributed by atoms with E-state index < -0.39 is 0 Å². The Morgan fingerprint density at radius 1 is 1.35 bits per heavy atom. The van der Waals surface area contributed by atoms with E-state index in [0.717, 1.165) is 36.8 Å². The minimum Gasteiger partial charge on any atom is -0.354 e. The van der Waals surface area contributed by atoms with Crippen LogP contribution in [-0.4, -0.2) is 48.6 Å². The number of halogens is 2. The van der Waals surface area contributed by atoms with Crippen molar-refractivity contribution in [2.75, 3.05) is 19.6 Å². The van der Waals surface area contributed by atoms with Gasteiger partial charge in [-0.1, -0.05) is 23.7 Å². The number of piperidine rings is 1. The maximum atomic E-state index is 11.2. The number of carbonyl (C=O) groups excluding carboxylic acids is 1. The van der Waals surface area contributed by atoms with Crippen LogP contribution in [0.25, 0.3) is 0 Å². The number of aliphatic imine (C=N–C) groups is 1. The number of hydrogen-bond acceptors (Lipinski definition) is 2. The highest BCUT2D eigenvalue weighted by Crippen LogP contribution is 2.41. The molecule has 144 valence electrons. The fourth-order valence-electron chi connectivity index (χ4n) is 3.36.